The zero-order valence-corrected chi connectivity index (χ0v) is 13.0. The van der Waals surface area contributed by atoms with Crippen molar-refractivity contribution in [2.45, 2.75) is 39.2 Å². The number of rotatable bonds is 0. The quantitative estimate of drug-likeness (QED) is 0.747. The molecule has 0 aliphatic carbocycles. The molecule has 21 heavy (non-hydrogen) atoms. The minimum Gasteiger partial charge on any atom is -0.444 e. The van der Waals surface area contributed by atoms with E-state index in [0.29, 0.717) is 0 Å². The fourth-order valence-corrected chi connectivity index (χ4v) is 2.09. The van der Waals surface area contributed by atoms with E-state index in [0.717, 1.165) is 31.6 Å². The fourth-order valence-electron chi connectivity index (χ4n) is 2.09. The topological polar surface area (TPSA) is 46.8 Å². The largest absolute Gasteiger partial charge is 0.444 e. The first kappa shape index (κ1) is 15.4. The Hall–Kier alpha value is -2.04. The summed E-state index contributed by atoms with van der Waals surface area (Å²) >= 11 is 0. The lowest BCUT2D eigenvalue weighted by Gasteiger charge is -2.23. The van der Waals surface area contributed by atoms with Gasteiger partial charge >= 0.3 is 6.09 Å². The van der Waals surface area contributed by atoms with E-state index in [1.807, 2.05) is 55.8 Å². The predicted octanol–water partition coefficient (Wildman–Crippen LogP) is 3.35. The van der Waals surface area contributed by atoms with Crippen LogP contribution in [0.5, 0.6) is 0 Å². The molecule has 3 heterocycles. The van der Waals surface area contributed by atoms with Gasteiger partial charge < -0.3 is 14.0 Å². The number of imidazole rings is 1. The first-order chi connectivity index (χ1) is 9.96. The van der Waals surface area contributed by atoms with Crippen LogP contribution in [0.2, 0.25) is 0 Å². The van der Waals surface area contributed by atoms with Crippen LogP contribution >= 0.6 is 0 Å². The van der Waals surface area contributed by atoms with Crippen LogP contribution in [0.3, 0.4) is 0 Å². The summed E-state index contributed by atoms with van der Waals surface area (Å²) in [5.41, 5.74) is 0.636. The van der Waals surface area contributed by atoms with Gasteiger partial charge in [-0.3, -0.25) is 0 Å². The summed E-state index contributed by atoms with van der Waals surface area (Å²) in [6.45, 7) is 7.38. The molecule has 1 fully saturated rings. The maximum absolute atomic E-state index is 11.4. The molecule has 114 valence electrons. The molecule has 1 amide bonds. The fraction of sp³-hybridized carbons (Fsp3) is 0.500. The van der Waals surface area contributed by atoms with E-state index in [2.05, 4.69) is 4.98 Å². The number of hydrogen-bond donors (Lipinski definition) is 0. The molecule has 5 nitrogen and oxygen atoms in total. The second kappa shape index (κ2) is 6.61. The van der Waals surface area contributed by atoms with E-state index in [9.17, 15) is 4.79 Å². The molecular weight excluding hydrogens is 266 g/mol. The third-order valence-corrected chi connectivity index (χ3v) is 3.06. The Labute approximate surface area is 125 Å². The summed E-state index contributed by atoms with van der Waals surface area (Å²) in [6, 6.07) is 5.93. The highest BCUT2D eigenvalue weighted by molar-refractivity contribution is 5.68. The summed E-state index contributed by atoms with van der Waals surface area (Å²) in [6.07, 6.45) is 7.74. The highest BCUT2D eigenvalue weighted by Gasteiger charge is 2.23. The minimum absolute atomic E-state index is 0.167. The lowest BCUT2D eigenvalue weighted by Crippen LogP contribution is -2.34. The molecule has 0 aromatic carbocycles. The van der Waals surface area contributed by atoms with Gasteiger partial charge in [-0.1, -0.05) is 6.07 Å². The molecule has 1 aliphatic rings. The first-order valence-electron chi connectivity index (χ1n) is 7.31. The van der Waals surface area contributed by atoms with E-state index < -0.39 is 0 Å². The summed E-state index contributed by atoms with van der Waals surface area (Å²) in [5, 5.41) is 0. The molecule has 2 aromatic rings. The number of ether oxygens (including phenoxy) is 1. The van der Waals surface area contributed by atoms with Crippen molar-refractivity contribution in [1.82, 2.24) is 14.3 Å². The third kappa shape index (κ3) is 4.77. The summed E-state index contributed by atoms with van der Waals surface area (Å²) in [5.74, 6) is 0. The maximum atomic E-state index is 11.4. The van der Waals surface area contributed by atoms with Gasteiger partial charge in [-0.25, -0.2) is 9.78 Å². The Morgan fingerprint density at radius 3 is 2.52 bits per heavy atom. The van der Waals surface area contributed by atoms with Crippen molar-refractivity contribution >= 4 is 11.7 Å². The zero-order valence-electron chi connectivity index (χ0n) is 13.0. The van der Waals surface area contributed by atoms with Crippen molar-refractivity contribution in [3.8, 4) is 0 Å². The molecule has 1 saturated heterocycles. The van der Waals surface area contributed by atoms with Crippen molar-refractivity contribution in [1.29, 1.82) is 0 Å². The molecule has 0 unspecified atom stereocenters. The Balaban J connectivity index is 0.000000159. The Morgan fingerprint density at radius 1 is 1.19 bits per heavy atom. The van der Waals surface area contributed by atoms with Gasteiger partial charge in [0, 0.05) is 31.7 Å². The normalized spacial score (nSPS) is 14.7. The molecule has 0 atom stereocenters. The molecule has 0 radical (unpaired) electrons. The Kier molecular flexibility index (Phi) is 4.83. The minimum atomic E-state index is -0.361. The summed E-state index contributed by atoms with van der Waals surface area (Å²) < 4.78 is 7.18. The second-order valence-corrected chi connectivity index (χ2v) is 6.07. The van der Waals surface area contributed by atoms with Gasteiger partial charge in [-0.15, -0.1) is 0 Å². The number of carbonyl (C=O) groups excluding carboxylic acids is 1. The Bertz CT molecular complexity index is 550. The van der Waals surface area contributed by atoms with Gasteiger partial charge in [0.1, 0.15) is 11.2 Å². The van der Waals surface area contributed by atoms with Gasteiger partial charge in [0.05, 0.1) is 0 Å². The molecule has 0 spiro atoms. The summed E-state index contributed by atoms with van der Waals surface area (Å²) in [7, 11) is 0. The number of aromatic nitrogens is 2. The molecule has 1 aliphatic heterocycles. The Morgan fingerprint density at radius 2 is 1.90 bits per heavy atom. The number of likely N-dealkylation sites (tertiary alicyclic amines) is 1. The lowest BCUT2D eigenvalue weighted by molar-refractivity contribution is 0.0295. The molecular formula is C16H23N3O2. The highest BCUT2D eigenvalue weighted by Crippen LogP contribution is 2.14. The number of hydrogen-bond acceptors (Lipinski definition) is 3. The third-order valence-electron chi connectivity index (χ3n) is 3.06. The van der Waals surface area contributed by atoms with Crippen LogP contribution < -0.4 is 0 Å². The molecule has 3 rings (SSSR count). The van der Waals surface area contributed by atoms with Crippen molar-refractivity contribution < 1.29 is 9.53 Å². The average molecular weight is 289 g/mol. The van der Waals surface area contributed by atoms with E-state index in [1.165, 1.54) is 0 Å². The average Bonchev–Trinajstić information content (AvgIpc) is 3.09. The smallest absolute Gasteiger partial charge is 0.410 e. The van der Waals surface area contributed by atoms with Crippen molar-refractivity contribution in [2.24, 2.45) is 0 Å². The van der Waals surface area contributed by atoms with Crippen LogP contribution in [-0.4, -0.2) is 39.1 Å². The van der Waals surface area contributed by atoms with Gasteiger partial charge in [-0.05, 0) is 45.7 Å². The van der Waals surface area contributed by atoms with Crippen LogP contribution in [0.25, 0.3) is 5.65 Å². The molecule has 0 saturated carbocycles. The maximum Gasteiger partial charge on any atom is 0.410 e. The van der Waals surface area contributed by atoms with Gasteiger partial charge in [0.25, 0.3) is 0 Å². The van der Waals surface area contributed by atoms with Crippen LogP contribution in [0.1, 0.15) is 33.6 Å². The molecule has 0 bridgehead atoms. The lowest BCUT2D eigenvalue weighted by atomic mass is 10.2. The van der Waals surface area contributed by atoms with Crippen molar-refractivity contribution in [3.05, 3.63) is 36.8 Å². The number of pyridine rings is 1. The van der Waals surface area contributed by atoms with Gasteiger partial charge in [0.2, 0.25) is 0 Å². The van der Waals surface area contributed by atoms with E-state index in [4.69, 9.17) is 4.74 Å². The zero-order chi connectivity index (χ0) is 15.3. The molecule has 2 aromatic heterocycles. The monoisotopic (exact) mass is 289 g/mol. The number of nitrogens with zero attached hydrogens (tertiary/aromatic N) is 3. The standard InChI is InChI=1S/C9H17NO2.C7H6N2/c1-9(2,3)12-8(11)10-6-4-5-7-10;1-2-5-9-6-4-8-7(9)3-1/h4-7H2,1-3H3;1-6H. The van der Waals surface area contributed by atoms with Crippen LogP contribution in [-0.2, 0) is 4.74 Å². The van der Waals surface area contributed by atoms with Crippen molar-refractivity contribution in [2.75, 3.05) is 13.1 Å². The van der Waals surface area contributed by atoms with Crippen LogP contribution in [0.4, 0.5) is 4.79 Å². The van der Waals surface area contributed by atoms with E-state index >= 15 is 0 Å². The van der Waals surface area contributed by atoms with Crippen LogP contribution in [0.15, 0.2) is 36.8 Å². The van der Waals surface area contributed by atoms with Crippen molar-refractivity contribution in [3.63, 3.8) is 0 Å². The SMILES string of the molecule is CC(C)(C)OC(=O)N1CCCC1.c1ccn2ccnc2c1. The number of carbonyl (C=O) groups is 1. The van der Waals surface area contributed by atoms with E-state index in [-0.39, 0.29) is 11.7 Å². The molecule has 0 N–H and O–H groups in total. The van der Waals surface area contributed by atoms with Gasteiger partial charge in [-0.2, -0.15) is 0 Å². The van der Waals surface area contributed by atoms with Crippen LogP contribution in [0, 0.1) is 0 Å². The summed E-state index contributed by atoms with van der Waals surface area (Å²) in [4.78, 5) is 17.2. The van der Waals surface area contributed by atoms with E-state index in [1.54, 1.807) is 11.1 Å². The molecule has 5 heteroatoms. The highest BCUT2D eigenvalue weighted by atomic mass is 16.6. The second-order valence-electron chi connectivity index (χ2n) is 6.07. The van der Waals surface area contributed by atoms with Gasteiger partial charge in [0.15, 0.2) is 0 Å². The number of fused-ring (bicyclic) bond motifs is 1. The first-order valence-corrected chi connectivity index (χ1v) is 7.31. The predicted molar refractivity (Wildman–Crippen MR) is 82.2 cm³/mol. The number of amides is 1.